The molecule has 0 aromatic heterocycles. The van der Waals surface area contributed by atoms with Crippen molar-refractivity contribution in [1.29, 1.82) is 0 Å². The van der Waals surface area contributed by atoms with E-state index in [9.17, 15) is 30.3 Å². The third-order valence-electron chi connectivity index (χ3n) is 8.44. The molecule has 0 fully saturated rings. The highest BCUT2D eigenvalue weighted by Gasteiger charge is 2.27. The maximum absolute atomic E-state index is 11.5. The Kier molecular flexibility index (Phi) is 18.5. The summed E-state index contributed by atoms with van der Waals surface area (Å²) in [7, 11) is 0. The van der Waals surface area contributed by atoms with E-state index in [1.807, 2.05) is 30.4 Å². The van der Waals surface area contributed by atoms with Gasteiger partial charge in [-0.3, -0.25) is 4.79 Å². The number of aryl methyl sites for hydroxylation is 1. The number of phenolic OH excluding ortho intramolecular Hbond substituents is 1. The van der Waals surface area contributed by atoms with E-state index < -0.39 is 30.4 Å². The van der Waals surface area contributed by atoms with E-state index in [1.165, 1.54) is 0 Å². The summed E-state index contributed by atoms with van der Waals surface area (Å²) >= 11 is 0. The van der Waals surface area contributed by atoms with Gasteiger partial charge in [0.15, 0.2) is 0 Å². The summed E-state index contributed by atoms with van der Waals surface area (Å²) in [5, 5.41) is 65.4. The maximum atomic E-state index is 11.5. The predicted molar refractivity (Wildman–Crippen MR) is 184 cm³/mol. The molecule has 7 N–H and O–H groups in total. The number of benzene rings is 2. The first kappa shape index (κ1) is 39.2. The molecule has 0 radical (unpaired) electrons. The number of carboxylic acid groups (broad SMARTS) is 1. The summed E-state index contributed by atoms with van der Waals surface area (Å²) in [5.74, 6) is -0.739. The van der Waals surface area contributed by atoms with Crippen molar-refractivity contribution in [3.8, 4) is 5.75 Å². The van der Waals surface area contributed by atoms with Crippen molar-refractivity contribution in [3.05, 3.63) is 89.0 Å². The Morgan fingerprint density at radius 2 is 1.65 bits per heavy atom. The van der Waals surface area contributed by atoms with Crippen LogP contribution in [0, 0.1) is 0 Å². The minimum Gasteiger partial charge on any atom is -0.508 e. The number of rotatable bonds is 24. The van der Waals surface area contributed by atoms with Gasteiger partial charge in [0, 0.05) is 19.0 Å². The van der Waals surface area contributed by atoms with Gasteiger partial charge in [0.1, 0.15) is 5.75 Å². The molecule has 256 valence electrons. The Labute approximate surface area is 275 Å². The molecule has 0 saturated heterocycles. The molecule has 0 spiro atoms. The molecule has 8 nitrogen and oxygen atoms in total. The quantitative estimate of drug-likeness (QED) is 0.0534. The van der Waals surface area contributed by atoms with Gasteiger partial charge in [0.2, 0.25) is 0 Å². The number of phenols is 1. The van der Waals surface area contributed by atoms with Crippen molar-refractivity contribution >= 4 is 5.97 Å². The highest BCUT2D eigenvalue weighted by molar-refractivity contribution is 5.66. The molecule has 2 aromatic rings. The molecule has 0 unspecified atom stereocenters. The second-order valence-electron chi connectivity index (χ2n) is 12.6. The fraction of sp³-hybridized carbons (Fsp3) is 0.553. The largest absolute Gasteiger partial charge is 0.508 e. The number of hydrogen-bond donors (Lipinski definition) is 7. The van der Waals surface area contributed by atoms with Crippen LogP contribution in [-0.4, -0.2) is 68.0 Å². The van der Waals surface area contributed by atoms with Crippen molar-refractivity contribution in [3.63, 3.8) is 0 Å². The minimum absolute atomic E-state index is 0.0631. The molecule has 2 rings (SSSR count). The lowest BCUT2D eigenvalue weighted by molar-refractivity contribution is -0.137. The van der Waals surface area contributed by atoms with Crippen LogP contribution in [0.2, 0.25) is 0 Å². The van der Waals surface area contributed by atoms with Crippen LogP contribution in [0.15, 0.2) is 77.9 Å². The van der Waals surface area contributed by atoms with Gasteiger partial charge in [0.05, 0.1) is 24.4 Å². The summed E-state index contributed by atoms with van der Waals surface area (Å²) in [6.07, 6.45) is 11.3. The molecule has 0 bridgehead atoms. The van der Waals surface area contributed by atoms with Gasteiger partial charge < -0.3 is 36.0 Å². The number of aliphatic hydroxyl groups is 4. The third kappa shape index (κ3) is 15.5. The van der Waals surface area contributed by atoms with Gasteiger partial charge in [-0.2, -0.15) is 0 Å². The van der Waals surface area contributed by atoms with Crippen LogP contribution in [-0.2, 0) is 16.8 Å². The minimum atomic E-state index is -1.31. The Balaban J connectivity index is 2.48. The van der Waals surface area contributed by atoms with Gasteiger partial charge >= 0.3 is 5.97 Å². The molecule has 0 amide bonds. The Morgan fingerprint density at radius 3 is 2.33 bits per heavy atom. The number of nitrogens with one attached hydrogen (secondary N) is 1. The fourth-order valence-corrected chi connectivity index (χ4v) is 5.66. The van der Waals surface area contributed by atoms with Crippen LogP contribution in [0.4, 0.5) is 0 Å². The van der Waals surface area contributed by atoms with E-state index in [1.54, 1.807) is 31.2 Å². The second kappa shape index (κ2) is 21.7. The van der Waals surface area contributed by atoms with Crippen molar-refractivity contribution in [2.24, 2.45) is 0 Å². The normalized spacial score (nSPS) is 15.7. The molecule has 0 aliphatic heterocycles. The second-order valence-corrected chi connectivity index (χ2v) is 12.6. The first-order chi connectivity index (χ1) is 22.1. The van der Waals surface area contributed by atoms with E-state index in [0.29, 0.717) is 31.2 Å². The molecule has 8 heteroatoms. The van der Waals surface area contributed by atoms with E-state index in [4.69, 9.17) is 5.11 Å². The standard InChI is InChI=1S/C38H57NO7/c1-3-4-8-17-32(41)24-23-30(22-21-29-14-9-7-10-15-29)35(26-34(43)27-40)36(19-11-5-6-12-20-37(44)45)39-28-38(2,46)31-16-13-18-33(42)25-31/h7,9-10,13-16,18,23-25,32,34,36,39-43,46H,3-6,8,11-12,17,19-22,26-28H2,1-2H3,(H,44,45)/b24-23+,35-30+/t32-,34-,36-,38-/m0/s1. The Hall–Kier alpha value is -3.01. The van der Waals surface area contributed by atoms with Gasteiger partial charge in [-0.25, -0.2) is 0 Å². The van der Waals surface area contributed by atoms with Crippen LogP contribution >= 0.6 is 0 Å². The van der Waals surface area contributed by atoms with Crippen molar-refractivity contribution < 1.29 is 35.4 Å². The monoisotopic (exact) mass is 639 g/mol. The van der Waals surface area contributed by atoms with Gasteiger partial charge in [-0.1, -0.05) is 100 Å². The fourth-order valence-electron chi connectivity index (χ4n) is 5.66. The van der Waals surface area contributed by atoms with E-state index in [-0.39, 0.29) is 31.2 Å². The topological polar surface area (TPSA) is 150 Å². The molecule has 2 aromatic carbocycles. The van der Waals surface area contributed by atoms with Crippen LogP contribution in [0.3, 0.4) is 0 Å². The van der Waals surface area contributed by atoms with Crippen LogP contribution in [0.5, 0.6) is 5.75 Å². The zero-order valence-corrected chi connectivity index (χ0v) is 27.8. The highest BCUT2D eigenvalue weighted by Crippen LogP contribution is 2.28. The third-order valence-corrected chi connectivity index (χ3v) is 8.44. The number of aliphatic hydroxyl groups excluding tert-OH is 3. The number of carboxylic acids is 1. The van der Waals surface area contributed by atoms with Crippen molar-refractivity contribution in [2.75, 3.05) is 13.2 Å². The van der Waals surface area contributed by atoms with E-state index in [0.717, 1.165) is 61.7 Å². The highest BCUT2D eigenvalue weighted by atomic mass is 16.4. The number of unbranched alkanes of at least 4 members (excludes halogenated alkanes) is 5. The van der Waals surface area contributed by atoms with Gasteiger partial charge in [-0.05, 0) is 79.9 Å². The summed E-state index contributed by atoms with van der Waals surface area (Å²) in [4.78, 5) is 11.0. The number of aliphatic carboxylic acids is 1. The first-order valence-electron chi connectivity index (χ1n) is 16.9. The van der Waals surface area contributed by atoms with Crippen molar-refractivity contribution in [1.82, 2.24) is 5.32 Å². The smallest absolute Gasteiger partial charge is 0.303 e. The lowest BCUT2D eigenvalue weighted by Gasteiger charge is -2.31. The van der Waals surface area contributed by atoms with Crippen LogP contribution in [0.25, 0.3) is 0 Å². The average Bonchev–Trinajstić information content (AvgIpc) is 3.03. The molecular formula is C38H57NO7. The molecule has 46 heavy (non-hydrogen) atoms. The summed E-state index contributed by atoms with van der Waals surface area (Å²) in [5.41, 5.74) is 2.29. The summed E-state index contributed by atoms with van der Waals surface area (Å²) in [6.45, 7) is 3.57. The van der Waals surface area contributed by atoms with E-state index in [2.05, 4.69) is 24.4 Å². The number of hydrogen-bond acceptors (Lipinski definition) is 7. The average molecular weight is 640 g/mol. The van der Waals surface area contributed by atoms with Gasteiger partial charge in [-0.15, -0.1) is 0 Å². The Bertz CT molecular complexity index is 1190. The molecular weight excluding hydrogens is 582 g/mol. The van der Waals surface area contributed by atoms with Crippen molar-refractivity contribution in [2.45, 2.75) is 121 Å². The summed E-state index contributed by atoms with van der Waals surface area (Å²) < 4.78 is 0. The number of aromatic hydroxyl groups is 1. The number of allylic oxidation sites excluding steroid dienone is 2. The zero-order valence-electron chi connectivity index (χ0n) is 27.8. The molecule has 4 atom stereocenters. The Morgan fingerprint density at radius 1 is 0.935 bits per heavy atom. The van der Waals surface area contributed by atoms with E-state index >= 15 is 0 Å². The zero-order chi connectivity index (χ0) is 33.8. The molecule has 0 heterocycles. The summed E-state index contributed by atoms with van der Waals surface area (Å²) in [6, 6.07) is 16.4. The maximum Gasteiger partial charge on any atom is 0.303 e. The molecule has 0 aliphatic rings. The predicted octanol–water partition coefficient (Wildman–Crippen LogP) is 6.15. The molecule has 0 aliphatic carbocycles. The number of carbonyl (C=O) groups is 1. The first-order valence-corrected chi connectivity index (χ1v) is 16.9. The molecule has 0 saturated carbocycles. The lowest BCUT2D eigenvalue weighted by Crippen LogP contribution is -2.42. The van der Waals surface area contributed by atoms with Gasteiger partial charge in [0.25, 0.3) is 0 Å². The van der Waals surface area contributed by atoms with Crippen LogP contribution < -0.4 is 5.32 Å². The SMILES string of the molecule is CCCCC[C@H](O)/C=C/C(CCc1ccccc1)=C(\C[C@H](O)CO)[C@H](CCCCCCC(=O)O)NC[C@](C)(O)c1cccc(O)c1. The lowest BCUT2D eigenvalue weighted by atomic mass is 9.87. The van der Waals surface area contributed by atoms with Crippen LogP contribution in [0.1, 0.15) is 102 Å².